The standard InChI is InChI=1S/C25H34N4O3S/c30-25(26-18-24-12-7-13-27(20-24)19-22-8-3-1-4-9-22)28-14-16-29(17-15-28)33(31,32)21-23-10-5-2-6-11-23/h1-6,8-11,24H,7,12-21H2,(H,26,30). The van der Waals surface area contributed by atoms with E-state index in [2.05, 4.69) is 34.5 Å². The fraction of sp³-hybridized carbons (Fsp3) is 0.480. The van der Waals surface area contributed by atoms with Crippen LogP contribution in [0.4, 0.5) is 4.79 Å². The van der Waals surface area contributed by atoms with E-state index in [1.54, 1.807) is 4.90 Å². The van der Waals surface area contributed by atoms with Crippen LogP contribution in [0.3, 0.4) is 0 Å². The van der Waals surface area contributed by atoms with Gasteiger partial charge in [-0.2, -0.15) is 4.31 Å². The van der Waals surface area contributed by atoms with Crippen molar-refractivity contribution in [2.24, 2.45) is 5.92 Å². The molecule has 2 aromatic carbocycles. The average molecular weight is 471 g/mol. The molecule has 2 aliphatic heterocycles. The zero-order valence-electron chi connectivity index (χ0n) is 19.1. The van der Waals surface area contributed by atoms with Crippen LogP contribution in [0, 0.1) is 5.92 Å². The Balaban J connectivity index is 1.20. The van der Waals surface area contributed by atoms with Crippen molar-refractivity contribution in [3.05, 3.63) is 71.8 Å². The number of sulfonamides is 1. The van der Waals surface area contributed by atoms with Gasteiger partial charge in [-0.05, 0) is 36.4 Å². The van der Waals surface area contributed by atoms with E-state index in [-0.39, 0.29) is 11.8 Å². The molecule has 1 N–H and O–H groups in total. The zero-order chi connectivity index (χ0) is 23.1. The van der Waals surface area contributed by atoms with Crippen molar-refractivity contribution in [2.45, 2.75) is 25.1 Å². The molecule has 0 saturated carbocycles. The van der Waals surface area contributed by atoms with Gasteiger partial charge in [0.1, 0.15) is 0 Å². The Morgan fingerprint density at radius 2 is 1.52 bits per heavy atom. The number of urea groups is 1. The third-order valence-electron chi connectivity index (χ3n) is 6.51. The quantitative estimate of drug-likeness (QED) is 0.675. The fourth-order valence-corrected chi connectivity index (χ4v) is 6.21. The van der Waals surface area contributed by atoms with Crippen LogP contribution in [-0.2, 0) is 22.3 Å². The maximum Gasteiger partial charge on any atom is 0.317 e. The lowest BCUT2D eigenvalue weighted by atomic mass is 9.97. The molecule has 2 aliphatic rings. The minimum atomic E-state index is -3.38. The van der Waals surface area contributed by atoms with Gasteiger partial charge < -0.3 is 10.2 Å². The molecule has 2 saturated heterocycles. The molecule has 0 aromatic heterocycles. The second-order valence-corrected chi connectivity index (χ2v) is 11.0. The van der Waals surface area contributed by atoms with Crippen LogP contribution in [0.1, 0.15) is 24.0 Å². The molecular formula is C25H34N4O3S. The number of nitrogens with zero attached hydrogens (tertiary/aromatic N) is 3. The van der Waals surface area contributed by atoms with Gasteiger partial charge in [-0.3, -0.25) is 4.90 Å². The first-order valence-corrected chi connectivity index (χ1v) is 13.4. The maximum absolute atomic E-state index is 12.7. The topological polar surface area (TPSA) is 73.0 Å². The van der Waals surface area contributed by atoms with Crippen LogP contribution in [0.15, 0.2) is 60.7 Å². The minimum Gasteiger partial charge on any atom is -0.338 e. The van der Waals surface area contributed by atoms with Gasteiger partial charge in [-0.15, -0.1) is 0 Å². The molecule has 8 heteroatoms. The number of carbonyl (C=O) groups is 1. The summed E-state index contributed by atoms with van der Waals surface area (Å²) in [5.41, 5.74) is 2.11. The maximum atomic E-state index is 12.7. The monoisotopic (exact) mass is 470 g/mol. The number of piperazine rings is 1. The molecule has 0 radical (unpaired) electrons. The van der Waals surface area contributed by atoms with E-state index in [4.69, 9.17) is 0 Å². The van der Waals surface area contributed by atoms with Crippen molar-refractivity contribution in [3.8, 4) is 0 Å². The van der Waals surface area contributed by atoms with E-state index in [1.165, 1.54) is 9.87 Å². The highest BCUT2D eigenvalue weighted by Gasteiger charge is 2.29. The van der Waals surface area contributed by atoms with E-state index in [1.807, 2.05) is 36.4 Å². The number of amides is 2. The Bertz CT molecular complexity index is 993. The molecule has 2 heterocycles. The first-order chi connectivity index (χ1) is 16.0. The molecule has 0 spiro atoms. The summed E-state index contributed by atoms with van der Waals surface area (Å²) in [5.74, 6) is 0.445. The second kappa shape index (κ2) is 11.1. The molecular weight excluding hydrogens is 436 g/mol. The summed E-state index contributed by atoms with van der Waals surface area (Å²) in [7, 11) is -3.38. The Morgan fingerprint density at radius 1 is 0.879 bits per heavy atom. The molecule has 2 fully saturated rings. The first-order valence-electron chi connectivity index (χ1n) is 11.8. The second-order valence-electron chi connectivity index (χ2n) is 9.04. The molecule has 7 nitrogen and oxygen atoms in total. The van der Waals surface area contributed by atoms with Crippen molar-refractivity contribution in [3.63, 3.8) is 0 Å². The normalized spacial score (nSPS) is 20.5. The molecule has 33 heavy (non-hydrogen) atoms. The number of benzene rings is 2. The Hall–Kier alpha value is -2.42. The van der Waals surface area contributed by atoms with Crippen molar-refractivity contribution < 1.29 is 13.2 Å². The third kappa shape index (κ3) is 6.79. The van der Waals surface area contributed by atoms with E-state index >= 15 is 0 Å². The van der Waals surface area contributed by atoms with Crippen molar-refractivity contribution in [1.29, 1.82) is 0 Å². The van der Waals surface area contributed by atoms with Crippen LogP contribution in [0.5, 0.6) is 0 Å². The SMILES string of the molecule is O=C(NCC1CCCN(Cc2ccccc2)C1)N1CCN(S(=O)(=O)Cc2ccccc2)CC1. The summed E-state index contributed by atoms with van der Waals surface area (Å²) in [6, 6.07) is 19.6. The predicted molar refractivity (Wildman–Crippen MR) is 130 cm³/mol. The van der Waals surface area contributed by atoms with Gasteiger partial charge >= 0.3 is 6.03 Å². The smallest absolute Gasteiger partial charge is 0.317 e. The van der Waals surface area contributed by atoms with Gasteiger partial charge in [0.2, 0.25) is 10.0 Å². The Kier molecular flexibility index (Phi) is 8.01. The van der Waals surface area contributed by atoms with Gasteiger partial charge in [-0.25, -0.2) is 13.2 Å². The van der Waals surface area contributed by atoms with Crippen LogP contribution >= 0.6 is 0 Å². The Labute approximate surface area is 197 Å². The first kappa shape index (κ1) is 23.7. The number of piperidine rings is 1. The zero-order valence-corrected chi connectivity index (χ0v) is 19.9. The van der Waals surface area contributed by atoms with Gasteiger partial charge in [0.05, 0.1) is 5.75 Å². The molecule has 1 unspecified atom stereocenters. The molecule has 178 valence electrons. The lowest BCUT2D eigenvalue weighted by Crippen LogP contribution is -2.54. The fourth-order valence-electron chi connectivity index (χ4n) is 4.69. The van der Waals surface area contributed by atoms with E-state index in [9.17, 15) is 13.2 Å². The van der Waals surface area contributed by atoms with Crippen molar-refractivity contribution >= 4 is 16.1 Å². The Morgan fingerprint density at radius 3 is 2.18 bits per heavy atom. The number of hydrogen-bond donors (Lipinski definition) is 1. The van der Waals surface area contributed by atoms with Crippen LogP contribution in [0.25, 0.3) is 0 Å². The average Bonchev–Trinajstić information content (AvgIpc) is 2.84. The van der Waals surface area contributed by atoms with Crippen molar-refractivity contribution in [2.75, 3.05) is 45.8 Å². The number of hydrogen-bond acceptors (Lipinski definition) is 4. The summed E-state index contributed by atoms with van der Waals surface area (Å²) >= 11 is 0. The van der Waals surface area contributed by atoms with Crippen LogP contribution in [0.2, 0.25) is 0 Å². The van der Waals surface area contributed by atoms with Gasteiger partial charge in [-0.1, -0.05) is 60.7 Å². The summed E-state index contributed by atoms with van der Waals surface area (Å²) < 4.78 is 27.0. The van der Waals surface area contributed by atoms with Gasteiger partial charge in [0.25, 0.3) is 0 Å². The molecule has 0 aliphatic carbocycles. The number of nitrogens with one attached hydrogen (secondary N) is 1. The van der Waals surface area contributed by atoms with Crippen LogP contribution in [-0.4, -0.2) is 74.4 Å². The van der Waals surface area contributed by atoms with E-state index < -0.39 is 10.0 Å². The van der Waals surface area contributed by atoms with E-state index in [0.717, 1.165) is 38.0 Å². The third-order valence-corrected chi connectivity index (χ3v) is 8.36. The highest BCUT2D eigenvalue weighted by Crippen LogP contribution is 2.18. The molecule has 2 aromatic rings. The van der Waals surface area contributed by atoms with Gasteiger partial charge in [0, 0.05) is 45.8 Å². The largest absolute Gasteiger partial charge is 0.338 e. The minimum absolute atomic E-state index is 0.00119. The molecule has 1 atom stereocenters. The molecule has 4 rings (SSSR count). The lowest BCUT2D eigenvalue weighted by molar-refractivity contribution is 0.152. The number of likely N-dealkylation sites (tertiary alicyclic amines) is 1. The summed E-state index contributed by atoms with van der Waals surface area (Å²) in [6.45, 7) is 5.23. The molecule has 0 bridgehead atoms. The van der Waals surface area contributed by atoms with Gasteiger partial charge in [0.15, 0.2) is 0 Å². The van der Waals surface area contributed by atoms with E-state index in [0.29, 0.717) is 38.6 Å². The number of carbonyl (C=O) groups excluding carboxylic acids is 1. The van der Waals surface area contributed by atoms with Crippen LogP contribution < -0.4 is 5.32 Å². The van der Waals surface area contributed by atoms with Crippen molar-refractivity contribution in [1.82, 2.24) is 19.4 Å². The highest BCUT2D eigenvalue weighted by atomic mass is 32.2. The summed E-state index contributed by atoms with van der Waals surface area (Å²) in [6.07, 6.45) is 2.27. The summed E-state index contributed by atoms with van der Waals surface area (Å²) in [4.78, 5) is 16.9. The predicted octanol–water partition coefficient (Wildman–Crippen LogP) is 2.76. The number of rotatable bonds is 7. The lowest BCUT2D eigenvalue weighted by Gasteiger charge is -2.35. The summed E-state index contributed by atoms with van der Waals surface area (Å²) in [5, 5.41) is 3.09. The highest BCUT2D eigenvalue weighted by molar-refractivity contribution is 7.88. The molecule has 2 amide bonds.